The SMILES string of the molecule is Cc1cccc(NC(=O)NC2N=C(c3ccccc3F)c3ccccc3N(Cc3nc4ccccc4s3)C2=O)c1. The van der Waals surface area contributed by atoms with Crippen molar-refractivity contribution in [3.63, 3.8) is 0 Å². The van der Waals surface area contributed by atoms with E-state index in [2.05, 4.69) is 15.6 Å². The molecule has 198 valence electrons. The van der Waals surface area contributed by atoms with E-state index in [9.17, 15) is 9.59 Å². The summed E-state index contributed by atoms with van der Waals surface area (Å²) in [5.41, 5.74) is 4.02. The maximum Gasteiger partial charge on any atom is 0.321 e. The summed E-state index contributed by atoms with van der Waals surface area (Å²) >= 11 is 1.49. The first-order valence-electron chi connectivity index (χ1n) is 12.7. The molecule has 1 aliphatic heterocycles. The van der Waals surface area contributed by atoms with Gasteiger partial charge in [-0.1, -0.05) is 54.6 Å². The van der Waals surface area contributed by atoms with E-state index in [1.807, 2.05) is 61.5 Å². The van der Waals surface area contributed by atoms with Gasteiger partial charge in [-0.3, -0.25) is 4.79 Å². The summed E-state index contributed by atoms with van der Waals surface area (Å²) in [5.74, 6) is -0.941. The first kappa shape index (κ1) is 25.4. The molecule has 2 N–H and O–H groups in total. The minimum absolute atomic E-state index is 0.160. The van der Waals surface area contributed by atoms with E-state index in [4.69, 9.17) is 4.98 Å². The van der Waals surface area contributed by atoms with Crippen molar-refractivity contribution < 1.29 is 14.0 Å². The van der Waals surface area contributed by atoms with Crippen LogP contribution in [0.2, 0.25) is 0 Å². The number of aryl methyl sites for hydroxylation is 1. The third kappa shape index (κ3) is 5.06. The van der Waals surface area contributed by atoms with E-state index < -0.39 is 23.9 Å². The molecule has 1 unspecified atom stereocenters. The molecule has 6 rings (SSSR count). The van der Waals surface area contributed by atoms with Crippen LogP contribution >= 0.6 is 11.3 Å². The largest absolute Gasteiger partial charge is 0.321 e. The van der Waals surface area contributed by atoms with Crippen molar-refractivity contribution in [1.29, 1.82) is 0 Å². The average Bonchev–Trinajstić information content (AvgIpc) is 3.33. The summed E-state index contributed by atoms with van der Waals surface area (Å²) in [7, 11) is 0. The Labute approximate surface area is 234 Å². The Morgan fingerprint density at radius 2 is 1.70 bits per heavy atom. The molecule has 1 aliphatic rings. The number of nitrogens with one attached hydrogen (secondary N) is 2. The molecular weight excluding hydrogens is 525 g/mol. The van der Waals surface area contributed by atoms with Gasteiger partial charge in [-0.15, -0.1) is 11.3 Å². The monoisotopic (exact) mass is 549 g/mol. The van der Waals surface area contributed by atoms with Gasteiger partial charge in [-0.05, 0) is 55.0 Å². The number of benzodiazepines with no additional fused rings is 1. The number of carbonyl (C=O) groups excluding carboxylic acids is 2. The lowest BCUT2D eigenvalue weighted by molar-refractivity contribution is -0.120. The van der Waals surface area contributed by atoms with Crippen molar-refractivity contribution in [2.75, 3.05) is 10.2 Å². The molecule has 2 heterocycles. The maximum absolute atomic E-state index is 15.1. The molecule has 0 aliphatic carbocycles. The number of hydrogen-bond acceptors (Lipinski definition) is 5. The molecule has 7 nitrogen and oxygen atoms in total. The highest BCUT2D eigenvalue weighted by Gasteiger charge is 2.34. The smallest absolute Gasteiger partial charge is 0.308 e. The third-order valence-electron chi connectivity index (χ3n) is 6.51. The average molecular weight is 550 g/mol. The fraction of sp³-hybridized carbons (Fsp3) is 0.0968. The molecule has 0 spiro atoms. The molecule has 4 aromatic carbocycles. The highest BCUT2D eigenvalue weighted by molar-refractivity contribution is 7.18. The topological polar surface area (TPSA) is 86.7 Å². The summed E-state index contributed by atoms with van der Waals surface area (Å²) in [5, 5.41) is 6.19. The molecule has 3 amide bonds. The van der Waals surface area contributed by atoms with Crippen LogP contribution in [0.3, 0.4) is 0 Å². The molecule has 40 heavy (non-hydrogen) atoms. The second-order valence-corrected chi connectivity index (χ2v) is 10.5. The molecule has 0 saturated heterocycles. The number of para-hydroxylation sites is 2. The fourth-order valence-electron chi connectivity index (χ4n) is 4.69. The van der Waals surface area contributed by atoms with E-state index in [1.54, 1.807) is 41.3 Å². The number of aliphatic imine (C=N–C) groups is 1. The van der Waals surface area contributed by atoms with Crippen molar-refractivity contribution in [3.05, 3.63) is 125 Å². The lowest BCUT2D eigenvalue weighted by atomic mass is 10.00. The number of urea groups is 1. The molecule has 9 heteroatoms. The standard InChI is InChI=1S/C31H24FN5O2S/c1-19-9-8-10-20(17-19)33-31(39)36-29-30(38)37(18-27-34-24-14-5-7-16-26(24)40-27)25-15-6-3-12-22(25)28(35-29)21-11-2-4-13-23(21)32/h2-17,29H,18H2,1H3,(H2,33,36,39). The van der Waals surface area contributed by atoms with Crippen LogP contribution in [0, 0.1) is 12.7 Å². The van der Waals surface area contributed by atoms with Crippen molar-refractivity contribution >= 4 is 50.6 Å². The first-order valence-corrected chi connectivity index (χ1v) is 13.5. The molecule has 1 atom stereocenters. The summed E-state index contributed by atoms with van der Waals surface area (Å²) in [6, 6.07) is 28.0. The summed E-state index contributed by atoms with van der Waals surface area (Å²) in [6.45, 7) is 2.08. The van der Waals surface area contributed by atoms with Gasteiger partial charge in [0, 0.05) is 16.8 Å². The van der Waals surface area contributed by atoms with Crippen LogP contribution in [0.15, 0.2) is 102 Å². The van der Waals surface area contributed by atoms with Crippen LogP contribution in [0.25, 0.3) is 10.2 Å². The Morgan fingerprint density at radius 3 is 2.50 bits per heavy atom. The van der Waals surface area contributed by atoms with E-state index >= 15 is 4.39 Å². The third-order valence-corrected chi connectivity index (χ3v) is 7.53. The van der Waals surface area contributed by atoms with Gasteiger partial charge < -0.3 is 15.5 Å². The maximum atomic E-state index is 15.1. The fourth-order valence-corrected chi connectivity index (χ4v) is 5.65. The minimum atomic E-state index is -1.32. The Balaban J connectivity index is 1.42. The van der Waals surface area contributed by atoms with E-state index in [1.165, 1.54) is 17.4 Å². The summed E-state index contributed by atoms with van der Waals surface area (Å²) < 4.78 is 16.1. The normalized spacial score (nSPS) is 14.8. The van der Waals surface area contributed by atoms with E-state index in [-0.39, 0.29) is 17.8 Å². The number of halogens is 1. The van der Waals surface area contributed by atoms with Crippen LogP contribution in [-0.4, -0.2) is 28.8 Å². The van der Waals surface area contributed by atoms with Gasteiger partial charge in [0.05, 0.1) is 28.2 Å². The molecule has 0 saturated carbocycles. The molecule has 5 aromatic rings. The van der Waals surface area contributed by atoms with Crippen LogP contribution < -0.4 is 15.5 Å². The molecule has 0 radical (unpaired) electrons. The van der Waals surface area contributed by atoms with Gasteiger partial charge in [0.2, 0.25) is 6.17 Å². The van der Waals surface area contributed by atoms with Crippen LogP contribution in [-0.2, 0) is 11.3 Å². The Bertz CT molecular complexity index is 1750. The second-order valence-electron chi connectivity index (χ2n) is 9.34. The van der Waals surface area contributed by atoms with Gasteiger partial charge in [0.1, 0.15) is 10.8 Å². The number of aromatic nitrogens is 1. The van der Waals surface area contributed by atoms with E-state index in [0.717, 1.165) is 20.8 Å². The molecule has 1 aromatic heterocycles. The van der Waals surface area contributed by atoms with E-state index in [0.29, 0.717) is 16.9 Å². The molecule has 0 bridgehead atoms. The van der Waals surface area contributed by atoms with Crippen molar-refractivity contribution in [2.45, 2.75) is 19.6 Å². The number of fused-ring (bicyclic) bond motifs is 2. The number of rotatable bonds is 5. The molecular formula is C31H24FN5O2S. The predicted octanol–water partition coefficient (Wildman–Crippen LogP) is 6.28. The molecule has 0 fully saturated rings. The summed E-state index contributed by atoms with van der Waals surface area (Å²) in [4.78, 5) is 38.1. The van der Waals surface area contributed by atoms with Gasteiger partial charge >= 0.3 is 6.03 Å². The predicted molar refractivity (Wildman–Crippen MR) is 156 cm³/mol. The van der Waals surface area contributed by atoms with Gasteiger partial charge in [0.25, 0.3) is 5.91 Å². The lowest BCUT2D eigenvalue weighted by Crippen LogP contribution is -2.48. The Hall–Kier alpha value is -4.89. The number of benzene rings is 4. The number of nitrogens with zero attached hydrogens (tertiary/aromatic N) is 3. The van der Waals surface area contributed by atoms with Gasteiger partial charge in [-0.2, -0.15) is 0 Å². The Kier molecular flexibility index (Phi) is 6.79. The quantitative estimate of drug-likeness (QED) is 0.271. The van der Waals surface area contributed by atoms with Crippen LogP contribution in [0.4, 0.5) is 20.6 Å². The zero-order valence-corrected chi connectivity index (χ0v) is 22.3. The van der Waals surface area contributed by atoms with Gasteiger partial charge in [0.15, 0.2) is 0 Å². The van der Waals surface area contributed by atoms with Crippen molar-refractivity contribution in [3.8, 4) is 0 Å². The van der Waals surface area contributed by atoms with Gasteiger partial charge in [-0.25, -0.2) is 19.2 Å². The number of amides is 3. The summed E-state index contributed by atoms with van der Waals surface area (Å²) in [6.07, 6.45) is -1.32. The lowest BCUT2D eigenvalue weighted by Gasteiger charge is -2.24. The van der Waals surface area contributed by atoms with Crippen LogP contribution in [0.5, 0.6) is 0 Å². The Morgan fingerprint density at radius 1 is 0.950 bits per heavy atom. The first-order chi connectivity index (χ1) is 19.5. The minimum Gasteiger partial charge on any atom is -0.308 e. The number of carbonyl (C=O) groups is 2. The number of anilines is 2. The highest BCUT2D eigenvalue weighted by atomic mass is 32.1. The second kappa shape index (κ2) is 10.7. The zero-order valence-electron chi connectivity index (χ0n) is 21.5. The number of hydrogen-bond donors (Lipinski definition) is 2. The number of thiazole rings is 1. The van der Waals surface area contributed by atoms with Crippen molar-refractivity contribution in [1.82, 2.24) is 10.3 Å². The van der Waals surface area contributed by atoms with Crippen molar-refractivity contribution in [2.24, 2.45) is 4.99 Å². The highest BCUT2D eigenvalue weighted by Crippen LogP contribution is 2.32. The zero-order chi connectivity index (χ0) is 27.6. The van der Waals surface area contributed by atoms with Crippen LogP contribution in [0.1, 0.15) is 21.7 Å².